The maximum absolute atomic E-state index is 12.1. The number of hydrogen-bond donors (Lipinski definition) is 2. The normalized spacial score (nSPS) is 12.8. The third-order valence-electron chi connectivity index (χ3n) is 3.56. The van der Waals surface area contributed by atoms with Crippen LogP contribution in [0.1, 0.15) is 32.8 Å². The van der Waals surface area contributed by atoms with Crippen molar-refractivity contribution in [1.82, 2.24) is 15.5 Å². The molecule has 0 heterocycles. The third-order valence-corrected chi connectivity index (χ3v) is 3.56. The lowest BCUT2D eigenvalue weighted by molar-refractivity contribution is -0.116. The molecule has 0 radical (unpaired) electrons. The van der Waals surface area contributed by atoms with Crippen LogP contribution in [0.4, 0.5) is 4.79 Å². The second-order valence-corrected chi connectivity index (χ2v) is 7.75. The molecule has 2 amide bonds. The monoisotopic (exact) mass is 375 g/mol. The molecule has 0 fully saturated rings. The maximum Gasteiger partial charge on any atom is 0.408 e. The summed E-state index contributed by atoms with van der Waals surface area (Å²) in [6.07, 6.45) is 4.14. The van der Waals surface area contributed by atoms with Crippen LogP contribution in [0, 0.1) is 0 Å². The van der Waals surface area contributed by atoms with E-state index in [2.05, 4.69) is 15.5 Å². The minimum Gasteiger partial charge on any atom is -0.444 e. The Morgan fingerprint density at radius 3 is 2.44 bits per heavy atom. The van der Waals surface area contributed by atoms with Gasteiger partial charge < -0.3 is 20.3 Å². The third kappa shape index (κ3) is 11.8. The van der Waals surface area contributed by atoms with Gasteiger partial charge in [-0.25, -0.2) is 4.79 Å². The van der Waals surface area contributed by atoms with Gasteiger partial charge in [0, 0.05) is 12.6 Å². The highest BCUT2D eigenvalue weighted by Gasteiger charge is 2.18. The Hall–Kier alpha value is -2.34. The van der Waals surface area contributed by atoms with Crippen molar-refractivity contribution in [1.29, 1.82) is 0 Å². The Balaban J connectivity index is 2.64. The van der Waals surface area contributed by atoms with Crippen molar-refractivity contribution in [3.05, 3.63) is 48.0 Å². The number of amides is 2. The topological polar surface area (TPSA) is 70.7 Å². The molecule has 0 saturated carbocycles. The minimum absolute atomic E-state index is 0.169. The van der Waals surface area contributed by atoms with Gasteiger partial charge in [0.05, 0.1) is 6.04 Å². The highest BCUT2D eigenvalue weighted by Crippen LogP contribution is 2.09. The summed E-state index contributed by atoms with van der Waals surface area (Å²) >= 11 is 0. The Labute approximate surface area is 163 Å². The van der Waals surface area contributed by atoms with Gasteiger partial charge in [-0.15, -0.1) is 0 Å². The molecule has 1 rings (SSSR count). The SMILES string of the molecule is CN(C)CCCNC(=O)/C=C/C(Cc1ccccc1)NC(=O)OC(C)(C)C. The number of alkyl carbamates (subject to hydrolysis) is 1. The minimum atomic E-state index is -0.574. The van der Waals surface area contributed by atoms with Crippen LogP contribution in [0.2, 0.25) is 0 Å². The van der Waals surface area contributed by atoms with E-state index in [4.69, 9.17) is 4.74 Å². The zero-order valence-corrected chi connectivity index (χ0v) is 17.1. The summed E-state index contributed by atoms with van der Waals surface area (Å²) in [5.41, 5.74) is 0.490. The van der Waals surface area contributed by atoms with E-state index in [1.54, 1.807) is 6.08 Å². The summed E-state index contributed by atoms with van der Waals surface area (Å²) in [5.74, 6) is -0.169. The summed E-state index contributed by atoms with van der Waals surface area (Å²) in [4.78, 5) is 26.2. The van der Waals surface area contributed by atoms with Crippen LogP contribution < -0.4 is 10.6 Å². The molecule has 1 aromatic rings. The smallest absolute Gasteiger partial charge is 0.408 e. The van der Waals surface area contributed by atoms with E-state index in [-0.39, 0.29) is 11.9 Å². The molecule has 1 atom stereocenters. The first-order valence-corrected chi connectivity index (χ1v) is 9.30. The molecule has 2 N–H and O–H groups in total. The van der Waals surface area contributed by atoms with Crippen LogP contribution in [0.15, 0.2) is 42.5 Å². The molecule has 0 bridgehead atoms. The van der Waals surface area contributed by atoms with Crippen LogP contribution in [0.5, 0.6) is 0 Å². The van der Waals surface area contributed by atoms with Crippen molar-refractivity contribution >= 4 is 12.0 Å². The van der Waals surface area contributed by atoms with E-state index in [1.807, 2.05) is 65.2 Å². The number of nitrogens with one attached hydrogen (secondary N) is 2. The fourth-order valence-corrected chi connectivity index (χ4v) is 2.36. The first-order chi connectivity index (χ1) is 12.7. The standard InChI is InChI=1S/C21H33N3O3/c1-21(2,3)27-20(26)23-18(16-17-10-7-6-8-11-17)12-13-19(25)22-14-9-15-24(4)5/h6-8,10-13,18H,9,14-16H2,1-5H3,(H,22,25)(H,23,26)/b13-12+. The van der Waals surface area contributed by atoms with Gasteiger partial charge in [-0.3, -0.25) is 4.79 Å². The molecule has 27 heavy (non-hydrogen) atoms. The van der Waals surface area contributed by atoms with Crippen LogP contribution in [0.3, 0.4) is 0 Å². The van der Waals surface area contributed by atoms with Gasteiger partial charge in [0.2, 0.25) is 5.91 Å². The molecule has 150 valence electrons. The molecule has 0 saturated heterocycles. The van der Waals surface area contributed by atoms with E-state index in [1.165, 1.54) is 6.08 Å². The quantitative estimate of drug-likeness (QED) is 0.514. The van der Waals surface area contributed by atoms with E-state index in [0.717, 1.165) is 18.5 Å². The van der Waals surface area contributed by atoms with Crippen molar-refractivity contribution in [2.24, 2.45) is 0 Å². The lowest BCUT2D eigenvalue weighted by Crippen LogP contribution is -2.39. The van der Waals surface area contributed by atoms with E-state index in [0.29, 0.717) is 13.0 Å². The summed E-state index contributed by atoms with van der Waals surface area (Å²) < 4.78 is 5.33. The van der Waals surface area contributed by atoms with Crippen molar-refractivity contribution in [3.63, 3.8) is 0 Å². The number of hydrogen-bond acceptors (Lipinski definition) is 4. The molecular weight excluding hydrogens is 342 g/mol. The number of ether oxygens (including phenoxy) is 1. The van der Waals surface area contributed by atoms with Crippen molar-refractivity contribution in [2.45, 2.75) is 45.3 Å². The lowest BCUT2D eigenvalue weighted by atomic mass is 10.1. The number of carbonyl (C=O) groups is 2. The molecule has 6 nitrogen and oxygen atoms in total. The lowest BCUT2D eigenvalue weighted by Gasteiger charge is -2.22. The average Bonchev–Trinajstić information content (AvgIpc) is 2.55. The van der Waals surface area contributed by atoms with Gasteiger partial charge in [-0.2, -0.15) is 0 Å². The van der Waals surface area contributed by atoms with Gasteiger partial charge >= 0.3 is 6.09 Å². The zero-order valence-electron chi connectivity index (χ0n) is 17.1. The molecule has 0 aliphatic carbocycles. The van der Waals surface area contributed by atoms with Crippen molar-refractivity contribution in [2.75, 3.05) is 27.2 Å². The van der Waals surface area contributed by atoms with Crippen molar-refractivity contribution < 1.29 is 14.3 Å². The Morgan fingerprint density at radius 2 is 1.85 bits per heavy atom. The number of nitrogens with zero attached hydrogens (tertiary/aromatic N) is 1. The van der Waals surface area contributed by atoms with E-state index < -0.39 is 11.7 Å². The number of carbonyl (C=O) groups excluding carboxylic acids is 2. The number of benzene rings is 1. The first-order valence-electron chi connectivity index (χ1n) is 9.30. The van der Waals surface area contributed by atoms with Crippen LogP contribution >= 0.6 is 0 Å². The van der Waals surface area contributed by atoms with E-state index >= 15 is 0 Å². The average molecular weight is 376 g/mol. The first kappa shape index (κ1) is 22.7. The predicted molar refractivity (Wildman–Crippen MR) is 109 cm³/mol. The second-order valence-electron chi connectivity index (χ2n) is 7.75. The molecule has 0 aliphatic rings. The van der Waals surface area contributed by atoms with E-state index in [9.17, 15) is 9.59 Å². The van der Waals surface area contributed by atoms with Gasteiger partial charge in [0.1, 0.15) is 5.60 Å². The molecule has 1 unspecified atom stereocenters. The summed E-state index contributed by atoms with van der Waals surface area (Å²) in [5, 5.41) is 5.68. The van der Waals surface area contributed by atoms with Gasteiger partial charge in [-0.05, 0) is 59.8 Å². The fourth-order valence-electron chi connectivity index (χ4n) is 2.36. The van der Waals surface area contributed by atoms with Crippen LogP contribution in [-0.4, -0.2) is 55.7 Å². The predicted octanol–water partition coefficient (Wildman–Crippen LogP) is 2.75. The summed E-state index contributed by atoms with van der Waals surface area (Å²) in [6, 6.07) is 9.46. The highest BCUT2D eigenvalue weighted by molar-refractivity contribution is 5.87. The molecular formula is C21H33N3O3. The Kier molecular flexibility index (Phi) is 9.58. The summed E-state index contributed by atoms with van der Waals surface area (Å²) in [6.45, 7) is 6.98. The van der Waals surface area contributed by atoms with Crippen LogP contribution in [0.25, 0.3) is 0 Å². The largest absolute Gasteiger partial charge is 0.444 e. The van der Waals surface area contributed by atoms with Gasteiger partial charge in [0.15, 0.2) is 0 Å². The second kappa shape index (κ2) is 11.4. The molecule has 0 aliphatic heterocycles. The molecule has 0 spiro atoms. The highest BCUT2D eigenvalue weighted by atomic mass is 16.6. The zero-order chi connectivity index (χ0) is 20.3. The number of rotatable bonds is 9. The maximum atomic E-state index is 12.1. The molecule has 0 aromatic heterocycles. The Bertz CT molecular complexity index is 607. The van der Waals surface area contributed by atoms with Gasteiger partial charge in [0.25, 0.3) is 0 Å². The molecule has 6 heteroatoms. The fraction of sp³-hybridized carbons (Fsp3) is 0.524. The van der Waals surface area contributed by atoms with Crippen molar-refractivity contribution in [3.8, 4) is 0 Å². The molecule has 1 aromatic carbocycles. The Morgan fingerprint density at radius 1 is 1.19 bits per heavy atom. The summed E-state index contributed by atoms with van der Waals surface area (Å²) in [7, 11) is 4.00. The van der Waals surface area contributed by atoms with Crippen LogP contribution in [-0.2, 0) is 16.0 Å². The van der Waals surface area contributed by atoms with Gasteiger partial charge in [-0.1, -0.05) is 36.4 Å².